The fourth-order valence-electron chi connectivity index (χ4n) is 2.03. The van der Waals surface area contributed by atoms with Gasteiger partial charge in [-0.25, -0.2) is 9.18 Å². The average Bonchev–Trinajstić information content (AvgIpc) is 2.48. The largest absolute Gasteiger partial charge is 0.495 e. The molecule has 0 bridgehead atoms. The van der Waals surface area contributed by atoms with Crippen LogP contribution < -0.4 is 10.1 Å². The van der Waals surface area contributed by atoms with Gasteiger partial charge in [0.2, 0.25) is 0 Å². The molecule has 0 radical (unpaired) electrons. The second-order valence-electron chi connectivity index (χ2n) is 4.57. The van der Waals surface area contributed by atoms with Crippen molar-refractivity contribution in [2.45, 2.75) is 12.5 Å². The molecule has 0 aliphatic rings. The number of ether oxygens (including phenoxy) is 1. The molecule has 0 amide bonds. The number of hydrogen-bond donors (Lipinski definition) is 2. The van der Waals surface area contributed by atoms with Crippen molar-refractivity contribution in [3.05, 3.63) is 59.9 Å². The molecule has 2 rings (SSSR count). The van der Waals surface area contributed by atoms with Crippen LogP contribution >= 0.6 is 0 Å². The molecule has 0 aromatic heterocycles. The lowest BCUT2D eigenvalue weighted by atomic mass is 10.1. The first-order valence-electron chi connectivity index (χ1n) is 6.47. The van der Waals surface area contributed by atoms with Crippen LogP contribution in [0.1, 0.15) is 5.56 Å². The lowest BCUT2D eigenvalue weighted by Gasteiger charge is -2.18. The van der Waals surface area contributed by atoms with Crippen LogP contribution in [0.5, 0.6) is 5.75 Å². The summed E-state index contributed by atoms with van der Waals surface area (Å²) < 4.78 is 18.4. The molecule has 2 N–H and O–H groups in total. The quantitative estimate of drug-likeness (QED) is 0.858. The zero-order valence-electron chi connectivity index (χ0n) is 11.5. The number of carboxylic acid groups (broad SMARTS) is 1. The minimum atomic E-state index is -1.01. The summed E-state index contributed by atoms with van der Waals surface area (Å²) in [5.41, 5.74) is 1.20. The number of halogens is 1. The number of anilines is 1. The van der Waals surface area contributed by atoms with Gasteiger partial charge < -0.3 is 15.2 Å². The molecular formula is C16H16FNO3. The highest BCUT2D eigenvalue weighted by Gasteiger charge is 2.19. The molecule has 4 nitrogen and oxygen atoms in total. The van der Waals surface area contributed by atoms with E-state index in [2.05, 4.69) is 5.32 Å². The van der Waals surface area contributed by atoms with E-state index < -0.39 is 17.8 Å². The van der Waals surface area contributed by atoms with Gasteiger partial charge >= 0.3 is 5.97 Å². The van der Waals surface area contributed by atoms with Gasteiger partial charge in [0, 0.05) is 12.5 Å². The van der Waals surface area contributed by atoms with Crippen molar-refractivity contribution in [2.75, 3.05) is 12.4 Å². The highest BCUT2D eigenvalue weighted by molar-refractivity contribution is 5.78. The van der Waals surface area contributed by atoms with E-state index in [4.69, 9.17) is 4.74 Å². The molecule has 0 heterocycles. The predicted octanol–water partition coefficient (Wildman–Crippen LogP) is 2.94. The average molecular weight is 289 g/mol. The Morgan fingerprint density at radius 3 is 2.62 bits per heavy atom. The van der Waals surface area contributed by atoms with Crippen LogP contribution in [0.15, 0.2) is 48.5 Å². The van der Waals surface area contributed by atoms with Crippen molar-refractivity contribution < 1.29 is 19.0 Å². The van der Waals surface area contributed by atoms with Gasteiger partial charge in [-0.3, -0.25) is 0 Å². The first kappa shape index (κ1) is 14.8. The molecule has 1 unspecified atom stereocenters. The van der Waals surface area contributed by atoms with Gasteiger partial charge in [0.1, 0.15) is 17.6 Å². The van der Waals surface area contributed by atoms with E-state index in [0.29, 0.717) is 11.4 Å². The number of hydrogen-bond acceptors (Lipinski definition) is 3. The Labute approximate surface area is 122 Å². The van der Waals surface area contributed by atoms with E-state index in [-0.39, 0.29) is 6.42 Å². The van der Waals surface area contributed by atoms with Gasteiger partial charge in [-0.15, -0.1) is 0 Å². The highest BCUT2D eigenvalue weighted by Crippen LogP contribution is 2.26. The smallest absolute Gasteiger partial charge is 0.326 e. The van der Waals surface area contributed by atoms with Gasteiger partial charge in [0.05, 0.1) is 12.8 Å². The van der Waals surface area contributed by atoms with Crippen LogP contribution in [0.25, 0.3) is 0 Å². The minimum absolute atomic E-state index is 0.288. The number of aliphatic carboxylic acids is 1. The fraction of sp³-hybridized carbons (Fsp3) is 0.188. The molecule has 110 valence electrons. The molecule has 5 heteroatoms. The van der Waals surface area contributed by atoms with Gasteiger partial charge in [-0.1, -0.05) is 30.3 Å². The number of carboxylic acids is 1. The zero-order chi connectivity index (χ0) is 15.2. The molecule has 2 aromatic carbocycles. The van der Waals surface area contributed by atoms with Crippen molar-refractivity contribution in [1.82, 2.24) is 0 Å². The number of benzene rings is 2. The third-order valence-corrected chi connectivity index (χ3v) is 3.07. The summed E-state index contributed by atoms with van der Waals surface area (Å²) in [6.07, 6.45) is 0.288. The Hall–Kier alpha value is -2.56. The van der Waals surface area contributed by atoms with Crippen molar-refractivity contribution in [1.29, 1.82) is 0 Å². The minimum Gasteiger partial charge on any atom is -0.495 e. The van der Waals surface area contributed by atoms with Crippen LogP contribution in [0, 0.1) is 5.82 Å². The number of carbonyl (C=O) groups is 1. The molecule has 1 atom stereocenters. The van der Waals surface area contributed by atoms with E-state index >= 15 is 0 Å². The topological polar surface area (TPSA) is 58.6 Å². The summed E-state index contributed by atoms with van der Waals surface area (Å²) in [6.45, 7) is 0. The van der Waals surface area contributed by atoms with E-state index in [1.54, 1.807) is 0 Å². The van der Waals surface area contributed by atoms with Crippen LogP contribution in [-0.4, -0.2) is 24.2 Å². The molecule has 0 saturated heterocycles. The van der Waals surface area contributed by atoms with Crippen LogP contribution in [-0.2, 0) is 11.2 Å². The Morgan fingerprint density at radius 2 is 2.00 bits per heavy atom. The molecule has 0 saturated carbocycles. The summed E-state index contributed by atoms with van der Waals surface area (Å²) in [5, 5.41) is 12.2. The number of rotatable bonds is 6. The van der Waals surface area contributed by atoms with Crippen molar-refractivity contribution >= 4 is 11.7 Å². The van der Waals surface area contributed by atoms with Crippen LogP contribution in [0.2, 0.25) is 0 Å². The highest BCUT2D eigenvalue weighted by atomic mass is 19.1. The molecule has 0 aliphatic heterocycles. The molecular weight excluding hydrogens is 273 g/mol. The third-order valence-electron chi connectivity index (χ3n) is 3.07. The first-order chi connectivity index (χ1) is 10.1. The third kappa shape index (κ3) is 3.95. The van der Waals surface area contributed by atoms with Crippen LogP contribution in [0.4, 0.5) is 10.1 Å². The maximum absolute atomic E-state index is 13.3. The predicted molar refractivity (Wildman–Crippen MR) is 78.1 cm³/mol. The Balaban J connectivity index is 2.20. The first-order valence-corrected chi connectivity index (χ1v) is 6.47. The Bertz CT molecular complexity index is 616. The van der Waals surface area contributed by atoms with Crippen molar-refractivity contribution in [2.24, 2.45) is 0 Å². The van der Waals surface area contributed by atoms with Gasteiger partial charge in [-0.05, 0) is 17.7 Å². The van der Waals surface area contributed by atoms with E-state index in [9.17, 15) is 14.3 Å². The Morgan fingerprint density at radius 1 is 1.29 bits per heavy atom. The van der Waals surface area contributed by atoms with Crippen molar-refractivity contribution in [3.8, 4) is 5.75 Å². The molecule has 0 aliphatic carbocycles. The molecule has 21 heavy (non-hydrogen) atoms. The summed E-state index contributed by atoms with van der Waals surface area (Å²) in [4.78, 5) is 11.4. The van der Waals surface area contributed by atoms with E-state index in [0.717, 1.165) is 5.56 Å². The van der Waals surface area contributed by atoms with E-state index in [1.165, 1.54) is 25.3 Å². The Kier molecular flexibility index (Phi) is 4.77. The lowest BCUT2D eigenvalue weighted by Crippen LogP contribution is -2.31. The maximum Gasteiger partial charge on any atom is 0.326 e. The fourth-order valence-corrected chi connectivity index (χ4v) is 2.03. The molecule has 0 spiro atoms. The maximum atomic E-state index is 13.3. The summed E-state index contributed by atoms with van der Waals surface area (Å²) >= 11 is 0. The molecule has 0 fully saturated rings. The normalized spacial score (nSPS) is 11.7. The number of methoxy groups -OCH3 is 1. The second kappa shape index (κ2) is 6.74. The van der Waals surface area contributed by atoms with Crippen molar-refractivity contribution in [3.63, 3.8) is 0 Å². The van der Waals surface area contributed by atoms with Gasteiger partial charge in [0.15, 0.2) is 0 Å². The number of nitrogens with one attached hydrogen (secondary N) is 1. The molecule has 2 aromatic rings. The lowest BCUT2D eigenvalue weighted by molar-refractivity contribution is -0.137. The standard InChI is InChI=1S/C16H16FNO3/c1-21-15-8-7-12(17)10-13(15)18-14(16(19)20)9-11-5-3-2-4-6-11/h2-8,10,14,18H,9H2,1H3,(H,19,20). The van der Waals surface area contributed by atoms with E-state index in [1.807, 2.05) is 30.3 Å². The summed E-state index contributed by atoms with van der Waals surface area (Å²) in [6, 6.07) is 12.3. The van der Waals surface area contributed by atoms with Crippen LogP contribution in [0.3, 0.4) is 0 Å². The second-order valence-corrected chi connectivity index (χ2v) is 4.57. The zero-order valence-corrected chi connectivity index (χ0v) is 11.5. The SMILES string of the molecule is COc1ccc(F)cc1NC(Cc1ccccc1)C(=O)O. The van der Waals surface area contributed by atoms with Gasteiger partial charge in [0.25, 0.3) is 0 Å². The van der Waals surface area contributed by atoms with Gasteiger partial charge in [-0.2, -0.15) is 0 Å². The summed E-state index contributed by atoms with van der Waals surface area (Å²) in [5.74, 6) is -1.07. The summed E-state index contributed by atoms with van der Waals surface area (Å²) in [7, 11) is 1.45. The monoisotopic (exact) mass is 289 g/mol.